The molecule has 0 radical (unpaired) electrons. The van der Waals surface area contributed by atoms with Gasteiger partial charge in [0.1, 0.15) is 17.3 Å². The largest absolute Gasteiger partial charge is 0.455 e. The van der Waals surface area contributed by atoms with Crippen LogP contribution in [0.25, 0.3) is 11.1 Å². The normalized spacial score (nSPS) is 19.6. The molecule has 7 rings (SSSR count). The minimum Gasteiger partial charge on any atom is -0.455 e. The Hall–Kier alpha value is -5.24. The molecule has 1 atom stereocenters. The molecule has 0 spiro atoms. The molecule has 4 heterocycles. The average Bonchev–Trinajstić information content (AvgIpc) is 4.00. The minimum atomic E-state index is -0.384. The Kier molecular flexibility index (Phi) is 8.80. The van der Waals surface area contributed by atoms with Gasteiger partial charge in [-0.15, -0.1) is 0 Å². The summed E-state index contributed by atoms with van der Waals surface area (Å²) in [6, 6.07) is 9.94. The fourth-order valence-corrected chi connectivity index (χ4v) is 6.82. The zero-order valence-corrected chi connectivity index (χ0v) is 29.0. The molecular weight excluding hydrogens is 636 g/mol. The van der Waals surface area contributed by atoms with Crippen molar-refractivity contribution in [2.45, 2.75) is 63.7 Å². The first-order chi connectivity index (χ1) is 24.0. The number of fused-ring (bicyclic) bond motifs is 3. The van der Waals surface area contributed by atoms with Gasteiger partial charge in [-0.1, -0.05) is 19.1 Å². The highest BCUT2D eigenvalue weighted by molar-refractivity contribution is 5.96. The van der Waals surface area contributed by atoms with Gasteiger partial charge in [-0.05, 0) is 50.3 Å². The third-order valence-corrected chi connectivity index (χ3v) is 9.86. The van der Waals surface area contributed by atoms with Crippen LogP contribution >= 0.6 is 0 Å². The average molecular weight is 683 g/mol. The molecule has 14 heteroatoms. The summed E-state index contributed by atoms with van der Waals surface area (Å²) in [5.74, 6) is 0.525. The Morgan fingerprint density at radius 3 is 2.50 bits per heavy atom. The van der Waals surface area contributed by atoms with Crippen molar-refractivity contribution in [3.8, 4) is 11.1 Å². The number of nitrogens with two attached hydrogens (primary N) is 2. The van der Waals surface area contributed by atoms with Gasteiger partial charge in [-0.2, -0.15) is 5.10 Å². The number of allylic oxidation sites excluding steroid dienone is 1. The van der Waals surface area contributed by atoms with Crippen molar-refractivity contribution >= 4 is 29.1 Å². The van der Waals surface area contributed by atoms with Crippen molar-refractivity contribution in [3.05, 3.63) is 77.0 Å². The van der Waals surface area contributed by atoms with E-state index in [4.69, 9.17) is 21.0 Å². The zero-order chi connectivity index (χ0) is 35.3. The number of carbonyl (C=O) groups is 3. The Morgan fingerprint density at radius 2 is 1.82 bits per heavy atom. The second kappa shape index (κ2) is 13.2. The van der Waals surface area contributed by atoms with Crippen molar-refractivity contribution in [3.63, 3.8) is 0 Å². The summed E-state index contributed by atoms with van der Waals surface area (Å²) < 4.78 is 7.99. The molecule has 7 N–H and O–H groups in total. The first-order valence-corrected chi connectivity index (χ1v) is 17.3. The lowest BCUT2D eigenvalue weighted by Crippen LogP contribution is -2.48. The van der Waals surface area contributed by atoms with Crippen LogP contribution in [0.3, 0.4) is 0 Å². The summed E-state index contributed by atoms with van der Waals surface area (Å²) in [5.41, 5.74) is 17.9. The number of para-hydroxylation sites is 1. The van der Waals surface area contributed by atoms with Crippen molar-refractivity contribution in [1.29, 1.82) is 0 Å². The van der Waals surface area contributed by atoms with Gasteiger partial charge in [0.05, 0.1) is 47.6 Å². The fourth-order valence-electron chi connectivity index (χ4n) is 6.82. The molecule has 14 nitrogen and oxygen atoms in total. The summed E-state index contributed by atoms with van der Waals surface area (Å²) >= 11 is 0. The molecule has 0 bridgehead atoms. The van der Waals surface area contributed by atoms with Gasteiger partial charge in [0.25, 0.3) is 11.8 Å². The number of carbonyl (C=O) groups excluding carboxylic acids is 3. The zero-order valence-electron chi connectivity index (χ0n) is 29.0. The van der Waals surface area contributed by atoms with Crippen LogP contribution in [0.2, 0.25) is 0 Å². The van der Waals surface area contributed by atoms with E-state index in [1.807, 2.05) is 24.4 Å². The minimum absolute atomic E-state index is 0.0123. The quantitative estimate of drug-likeness (QED) is 0.141. The predicted molar refractivity (Wildman–Crippen MR) is 189 cm³/mol. The molecule has 2 aliphatic carbocycles. The molecule has 3 fully saturated rings. The molecule has 264 valence electrons. The van der Waals surface area contributed by atoms with E-state index in [1.54, 1.807) is 20.2 Å². The highest BCUT2D eigenvalue weighted by atomic mass is 16.4. The smallest absolute Gasteiger partial charge is 0.289 e. The predicted octanol–water partition coefficient (Wildman–Crippen LogP) is 2.99. The topological polar surface area (TPSA) is 180 Å². The lowest BCUT2D eigenvalue weighted by molar-refractivity contribution is -0.121. The number of nitrogens with one attached hydrogen (secondary N) is 3. The maximum atomic E-state index is 13.1. The third-order valence-electron chi connectivity index (χ3n) is 9.86. The number of amides is 3. The summed E-state index contributed by atoms with van der Waals surface area (Å²) in [6.07, 6.45) is 7.84. The molecule has 2 aliphatic heterocycles. The van der Waals surface area contributed by atoms with Crippen LogP contribution in [0, 0.1) is 5.92 Å². The van der Waals surface area contributed by atoms with Crippen LogP contribution in [0.5, 0.6) is 0 Å². The van der Waals surface area contributed by atoms with Gasteiger partial charge in [-0.25, -0.2) is 0 Å². The monoisotopic (exact) mass is 682 g/mol. The Balaban J connectivity index is 1.14. The van der Waals surface area contributed by atoms with E-state index in [1.165, 1.54) is 11.0 Å². The van der Waals surface area contributed by atoms with Gasteiger partial charge in [-0.3, -0.25) is 24.0 Å². The molecule has 50 heavy (non-hydrogen) atoms. The van der Waals surface area contributed by atoms with Crippen LogP contribution in [0.15, 0.2) is 64.2 Å². The van der Waals surface area contributed by atoms with Crippen LogP contribution in [0.4, 0.5) is 11.4 Å². The number of rotatable bonds is 12. The second-order valence-electron chi connectivity index (χ2n) is 14.0. The van der Waals surface area contributed by atoms with Crippen molar-refractivity contribution in [1.82, 2.24) is 30.2 Å². The molecule has 4 aliphatic rings. The van der Waals surface area contributed by atoms with Gasteiger partial charge >= 0.3 is 0 Å². The number of likely N-dealkylation sites (tertiary alicyclic amines) is 1. The molecular formula is C36H46N10O4. The first-order valence-electron chi connectivity index (χ1n) is 17.3. The van der Waals surface area contributed by atoms with Gasteiger partial charge in [0.2, 0.25) is 5.91 Å². The van der Waals surface area contributed by atoms with Crippen LogP contribution in [-0.4, -0.2) is 77.6 Å². The number of hydrogen-bond acceptors (Lipinski definition) is 10. The first kappa shape index (κ1) is 33.3. The number of furan rings is 1. The van der Waals surface area contributed by atoms with Crippen LogP contribution in [-0.2, 0) is 16.1 Å². The third kappa shape index (κ3) is 6.54. The molecule has 3 amide bonds. The van der Waals surface area contributed by atoms with E-state index in [-0.39, 0.29) is 53.3 Å². The van der Waals surface area contributed by atoms with Gasteiger partial charge in [0, 0.05) is 63.4 Å². The highest BCUT2D eigenvalue weighted by Crippen LogP contribution is 2.49. The van der Waals surface area contributed by atoms with Crippen LogP contribution < -0.4 is 32.3 Å². The SMILES string of the molecule is CCC1c2c(cnn2C2CN(Cc3ccc(C(=O)N(C)C)o3)C2)-c2cccc(NC(/C=C(\N)NC(=O)C3CC3)=C(/N)C(=O)NC3CC3)c2N1C. The maximum absolute atomic E-state index is 13.1. The number of nitrogens with zero attached hydrogens (tertiary/aromatic N) is 5. The van der Waals surface area contributed by atoms with E-state index >= 15 is 0 Å². The van der Waals surface area contributed by atoms with Crippen LogP contribution in [0.1, 0.15) is 73.1 Å². The molecule has 2 aromatic heterocycles. The maximum Gasteiger partial charge on any atom is 0.289 e. The van der Waals surface area contributed by atoms with Gasteiger partial charge in [0.15, 0.2) is 5.76 Å². The summed E-state index contributed by atoms with van der Waals surface area (Å²) in [5, 5.41) is 14.0. The fraction of sp³-hybridized carbons (Fsp3) is 0.444. The van der Waals surface area contributed by atoms with E-state index in [0.29, 0.717) is 18.0 Å². The Bertz CT molecular complexity index is 1880. The molecule has 1 aromatic carbocycles. The van der Waals surface area contributed by atoms with Gasteiger partial charge < -0.3 is 41.6 Å². The number of hydrogen-bond donors (Lipinski definition) is 5. The van der Waals surface area contributed by atoms with Crippen molar-refractivity contribution in [2.75, 3.05) is 44.4 Å². The van der Waals surface area contributed by atoms with E-state index in [0.717, 1.165) is 79.1 Å². The Morgan fingerprint density at radius 1 is 1.06 bits per heavy atom. The summed E-state index contributed by atoms with van der Waals surface area (Å²) in [4.78, 5) is 43.9. The van der Waals surface area contributed by atoms with Crippen molar-refractivity contribution in [2.24, 2.45) is 17.4 Å². The van der Waals surface area contributed by atoms with E-state index in [2.05, 4.69) is 50.5 Å². The molecule has 1 unspecified atom stereocenters. The number of aromatic nitrogens is 2. The number of benzene rings is 1. The van der Waals surface area contributed by atoms with Crippen molar-refractivity contribution < 1.29 is 18.8 Å². The lowest BCUT2D eigenvalue weighted by atomic mass is 9.91. The molecule has 1 saturated heterocycles. The summed E-state index contributed by atoms with van der Waals surface area (Å²) in [6.45, 7) is 4.40. The highest BCUT2D eigenvalue weighted by Gasteiger charge is 2.38. The summed E-state index contributed by atoms with van der Waals surface area (Å²) in [7, 11) is 5.49. The second-order valence-corrected chi connectivity index (χ2v) is 14.0. The lowest BCUT2D eigenvalue weighted by Gasteiger charge is -2.42. The number of anilines is 2. The van der Waals surface area contributed by atoms with E-state index in [9.17, 15) is 14.4 Å². The Labute approximate surface area is 291 Å². The van der Waals surface area contributed by atoms with E-state index < -0.39 is 0 Å². The molecule has 2 saturated carbocycles. The molecule has 3 aromatic rings. The standard InChI is InChI=1S/C36H46N10O4/c1-5-28-33-25(16-39-46(33)22-17-45(18-22)19-23-13-14-29(50-23)36(49)43(2)3)24-7-6-8-26(32(24)44(28)4)41-27(31(38)35(48)40-21-11-12-21)15-30(37)42-34(47)20-9-10-20/h6-8,13-16,20-22,28,41H,5,9-12,17-19,37-38H2,1-4H3,(H,40,48)(H,42,47)/b30-15+,31-27+.